The van der Waals surface area contributed by atoms with Gasteiger partial charge < -0.3 is 19.3 Å². The van der Waals surface area contributed by atoms with Crippen LogP contribution >= 0.6 is 34.5 Å². The van der Waals surface area contributed by atoms with E-state index in [-0.39, 0.29) is 0 Å². The average Bonchev–Trinajstić information content (AvgIpc) is 3.15. The van der Waals surface area contributed by atoms with Crippen LogP contribution in [-0.2, 0) is 0 Å². The summed E-state index contributed by atoms with van der Waals surface area (Å²) in [6.45, 7) is 3.41. The Labute approximate surface area is 172 Å². The molecule has 0 N–H and O–H groups in total. The fraction of sp³-hybridized carbons (Fsp3) is 0.316. The number of thiazole rings is 1. The second-order valence-corrected chi connectivity index (χ2v) is 7.95. The van der Waals surface area contributed by atoms with Crippen molar-refractivity contribution in [3.8, 4) is 11.5 Å². The van der Waals surface area contributed by atoms with E-state index in [2.05, 4.69) is 9.80 Å². The maximum absolute atomic E-state index is 6.37. The lowest BCUT2D eigenvalue weighted by Crippen LogP contribution is -2.46. The number of rotatable bonds is 4. The molecule has 4 rings (SSSR count). The number of hydrogen-bond donors (Lipinski definition) is 0. The third-order valence-corrected chi connectivity index (χ3v) is 6.66. The lowest BCUT2D eigenvalue weighted by Gasteiger charge is -2.36. The molecule has 0 saturated carbocycles. The number of nitrogens with zero attached hydrogens (tertiary/aromatic N) is 3. The van der Waals surface area contributed by atoms with Gasteiger partial charge in [0.25, 0.3) is 0 Å². The first kappa shape index (κ1) is 18.5. The Morgan fingerprint density at radius 1 is 0.926 bits per heavy atom. The van der Waals surface area contributed by atoms with Gasteiger partial charge in [-0.2, -0.15) is 0 Å². The number of piperazine rings is 1. The molecule has 0 atom stereocenters. The summed E-state index contributed by atoms with van der Waals surface area (Å²) in [7, 11) is 3.34. The van der Waals surface area contributed by atoms with E-state index in [4.69, 9.17) is 37.7 Å². The number of methoxy groups -OCH3 is 2. The minimum atomic E-state index is 0.585. The summed E-state index contributed by atoms with van der Waals surface area (Å²) < 4.78 is 12.0. The van der Waals surface area contributed by atoms with Crippen molar-refractivity contribution in [2.45, 2.75) is 0 Å². The van der Waals surface area contributed by atoms with Crippen molar-refractivity contribution in [2.75, 3.05) is 50.2 Å². The van der Waals surface area contributed by atoms with Gasteiger partial charge in [-0.3, -0.25) is 0 Å². The standard InChI is InChI=1S/C19H19Cl2N3O2S/c1-25-14-6-7-15(26-2)18-17(14)22-19(27-18)24-10-8-23(9-11-24)13-5-3-4-12(20)16(13)21/h3-7H,8-11H2,1-2H3. The number of aromatic nitrogens is 1. The average molecular weight is 424 g/mol. The first-order valence-corrected chi connectivity index (χ1v) is 10.1. The SMILES string of the molecule is COc1ccc(OC)c2sc(N3CCN(c4cccc(Cl)c4Cl)CC3)nc12. The molecule has 1 aliphatic rings. The van der Waals surface area contributed by atoms with Crippen LogP contribution in [0.5, 0.6) is 11.5 Å². The first-order valence-electron chi connectivity index (χ1n) is 8.57. The molecule has 0 bridgehead atoms. The number of anilines is 2. The predicted octanol–water partition coefficient (Wildman–Crippen LogP) is 4.95. The summed E-state index contributed by atoms with van der Waals surface area (Å²) in [5, 5.41) is 2.17. The monoisotopic (exact) mass is 423 g/mol. The molecule has 0 radical (unpaired) electrons. The van der Waals surface area contributed by atoms with E-state index in [1.54, 1.807) is 25.6 Å². The number of ether oxygens (including phenoxy) is 2. The van der Waals surface area contributed by atoms with E-state index in [1.807, 2.05) is 30.3 Å². The molecule has 0 spiro atoms. The number of hydrogen-bond acceptors (Lipinski definition) is 6. The molecule has 0 aliphatic carbocycles. The van der Waals surface area contributed by atoms with Gasteiger partial charge in [-0.15, -0.1) is 0 Å². The van der Waals surface area contributed by atoms with Gasteiger partial charge in [-0.25, -0.2) is 4.98 Å². The quantitative estimate of drug-likeness (QED) is 0.593. The summed E-state index contributed by atoms with van der Waals surface area (Å²) in [5.74, 6) is 1.58. The highest BCUT2D eigenvalue weighted by Crippen LogP contribution is 2.40. The molecule has 1 saturated heterocycles. The highest BCUT2D eigenvalue weighted by atomic mass is 35.5. The van der Waals surface area contributed by atoms with E-state index in [1.165, 1.54) is 0 Å². The molecule has 3 aromatic rings. The highest BCUT2D eigenvalue weighted by Gasteiger charge is 2.23. The fourth-order valence-electron chi connectivity index (χ4n) is 3.28. The largest absolute Gasteiger partial charge is 0.495 e. The third-order valence-electron chi connectivity index (χ3n) is 4.72. The molecular weight excluding hydrogens is 405 g/mol. The zero-order chi connectivity index (χ0) is 19.0. The van der Waals surface area contributed by atoms with Crippen LogP contribution in [0.15, 0.2) is 30.3 Å². The Bertz CT molecular complexity index is 930. The highest BCUT2D eigenvalue weighted by molar-refractivity contribution is 7.22. The number of fused-ring (bicyclic) bond motifs is 1. The van der Waals surface area contributed by atoms with Gasteiger partial charge in [0.2, 0.25) is 0 Å². The summed E-state index contributed by atoms with van der Waals surface area (Å²) in [6, 6.07) is 9.57. The van der Waals surface area contributed by atoms with E-state index >= 15 is 0 Å². The van der Waals surface area contributed by atoms with E-state index < -0.39 is 0 Å². The fourth-order valence-corrected chi connectivity index (χ4v) is 4.83. The molecular formula is C19H19Cl2N3O2S. The Kier molecular flexibility index (Phi) is 5.21. The number of halogens is 2. The van der Waals surface area contributed by atoms with Crippen LogP contribution in [0, 0.1) is 0 Å². The zero-order valence-electron chi connectivity index (χ0n) is 15.0. The van der Waals surface area contributed by atoms with E-state index in [9.17, 15) is 0 Å². The Morgan fingerprint density at radius 3 is 2.30 bits per heavy atom. The van der Waals surface area contributed by atoms with Crippen LogP contribution in [0.1, 0.15) is 0 Å². The van der Waals surface area contributed by atoms with Crippen molar-refractivity contribution < 1.29 is 9.47 Å². The molecule has 5 nitrogen and oxygen atoms in total. The normalized spacial score (nSPS) is 14.7. The van der Waals surface area contributed by atoms with Gasteiger partial charge >= 0.3 is 0 Å². The van der Waals surface area contributed by atoms with Crippen LogP contribution in [0.4, 0.5) is 10.8 Å². The summed E-state index contributed by atoms with van der Waals surface area (Å²) in [4.78, 5) is 9.37. The van der Waals surface area contributed by atoms with Crippen LogP contribution < -0.4 is 19.3 Å². The molecule has 0 unspecified atom stereocenters. The third kappa shape index (κ3) is 3.37. The van der Waals surface area contributed by atoms with Crippen LogP contribution in [0.25, 0.3) is 10.2 Å². The minimum absolute atomic E-state index is 0.585. The van der Waals surface area contributed by atoms with E-state index in [0.29, 0.717) is 10.0 Å². The maximum Gasteiger partial charge on any atom is 0.186 e. The van der Waals surface area contributed by atoms with Gasteiger partial charge in [0, 0.05) is 26.2 Å². The lowest BCUT2D eigenvalue weighted by atomic mass is 10.2. The smallest absolute Gasteiger partial charge is 0.186 e. The van der Waals surface area contributed by atoms with Crippen LogP contribution in [0.3, 0.4) is 0 Å². The van der Waals surface area contributed by atoms with E-state index in [0.717, 1.165) is 58.7 Å². The second kappa shape index (κ2) is 7.62. The van der Waals surface area contributed by atoms with Gasteiger partial charge in [-0.1, -0.05) is 40.6 Å². The van der Waals surface area contributed by atoms with Gasteiger partial charge in [0.05, 0.1) is 30.0 Å². The zero-order valence-corrected chi connectivity index (χ0v) is 17.4. The summed E-state index contributed by atoms with van der Waals surface area (Å²) in [6.07, 6.45) is 0. The predicted molar refractivity (Wildman–Crippen MR) is 114 cm³/mol. The van der Waals surface area contributed by atoms with Crippen molar-refractivity contribution >= 4 is 55.6 Å². The molecule has 1 aliphatic heterocycles. The van der Waals surface area contributed by atoms with Crippen LogP contribution in [0.2, 0.25) is 10.0 Å². The number of benzene rings is 2. The Balaban J connectivity index is 1.57. The Hall–Kier alpha value is -1.89. The minimum Gasteiger partial charge on any atom is -0.495 e. The maximum atomic E-state index is 6.37. The first-order chi connectivity index (χ1) is 13.1. The van der Waals surface area contributed by atoms with Crippen molar-refractivity contribution in [2.24, 2.45) is 0 Å². The lowest BCUT2D eigenvalue weighted by molar-refractivity contribution is 0.410. The molecule has 2 heterocycles. The molecule has 1 fully saturated rings. The Morgan fingerprint density at radius 2 is 1.59 bits per heavy atom. The molecule has 8 heteroatoms. The van der Waals surface area contributed by atoms with Crippen molar-refractivity contribution in [3.63, 3.8) is 0 Å². The topological polar surface area (TPSA) is 37.8 Å². The summed E-state index contributed by atoms with van der Waals surface area (Å²) in [5.41, 5.74) is 1.83. The molecule has 142 valence electrons. The van der Waals surface area contributed by atoms with Gasteiger partial charge in [0.1, 0.15) is 21.7 Å². The molecule has 1 aromatic heterocycles. The molecule has 27 heavy (non-hydrogen) atoms. The van der Waals surface area contributed by atoms with Crippen molar-refractivity contribution in [1.29, 1.82) is 0 Å². The molecule has 0 amide bonds. The van der Waals surface area contributed by atoms with Crippen LogP contribution in [-0.4, -0.2) is 45.4 Å². The second-order valence-electron chi connectivity index (χ2n) is 6.19. The molecule has 2 aromatic carbocycles. The van der Waals surface area contributed by atoms with Crippen molar-refractivity contribution in [1.82, 2.24) is 4.98 Å². The summed E-state index contributed by atoms with van der Waals surface area (Å²) >= 11 is 14.2. The van der Waals surface area contributed by atoms with Gasteiger partial charge in [-0.05, 0) is 24.3 Å². The van der Waals surface area contributed by atoms with Crippen molar-refractivity contribution in [3.05, 3.63) is 40.4 Å². The van der Waals surface area contributed by atoms with Gasteiger partial charge in [0.15, 0.2) is 5.13 Å².